The van der Waals surface area contributed by atoms with Gasteiger partial charge in [-0.3, -0.25) is 0 Å². The fourth-order valence-electron chi connectivity index (χ4n) is 6.02. The largest absolute Gasteiger partial charge is 1.00 e. The Kier molecular flexibility index (Phi) is 28.8. The predicted octanol–water partition coefficient (Wildman–Crippen LogP) is 13.9. The smallest absolute Gasteiger partial charge is 0.348 e. The minimum absolute atomic E-state index is 0. The third kappa shape index (κ3) is 21.0. The van der Waals surface area contributed by atoms with Crippen LogP contribution in [0, 0.1) is 42.0 Å². The van der Waals surface area contributed by atoms with E-state index in [1.54, 1.807) is 24.3 Å². The Labute approximate surface area is 399 Å². The number of benzene rings is 4. The number of unbranched alkanes of at least 4 members (excludes halogenated alkanes) is 1. The molecule has 0 atom stereocenters. The summed E-state index contributed by atoms with van der Waals surface area (Å²) >= 11 is 5.91. The van der Waals surface area contributed by atoms with Crippen LogP contribution < -0.4 is 18.9 Å². The van der Waals surface area contributed by atoms with Crippen LogP contribution >= 0.6 is 47.8 Å². The van der Waals surface area contributed by atoms with Crippen LogP contribution in [-0.2, 0) is 23.8 Å². The SMILES string of the molecule is C.C.CCCC1COC(c2ccc(-c3cc(F)c(C(F)(F)Br)c(F)c3)cc2)OC1.CCCC1COC(c2ccc(-c3cc(F)cc(F)c3)cc2)OC1.FC(F)(Br)Br.[CH2-]CCC.[Li+]. The summed E-state index contributed by atoms with van der Waals surface area (Å²) in [5.74, 6) is -2.92. The van der Waals surface area contributed by atoms with Gasteiger partial charge >= 0.3 is 27.4 Å². The molecule has 2 aliphatic heterocycles. The van der Waals surface area contributed by atoms with Crippen molar-refractivity contribution in [2.24, 2.45) is 11.8 Å². The summed E-state index contributed by atoms with van der Waals surface area (Å²) in [6.07, 6.45) is 5.80. The van der Waals surface area contributed by atoms with Crippen LogP contribution in [0.1, 0.15) is 103 Å². The molecule has 0 aromatic heterocycles. The van der Waals surface area contributed by atoms with Crippen molar-refractivity contribution in [2.75, 3.05) is 26.4 Å². The molecule has 6 rings (SSSR count). The van der Waals surface area contributed by atoms with Crippen LogP contribution in [0.5, 0.6) is 0 Å². The Balaban J connectivity index is 0.000000971. The second-order valence-corrected chi connectivity index (χ2v) is 17.9. The Bertz CT molecular complexity index is 1780. The molecule has 4 aromatic carbocycles. The third-order valence-electron chi connectivity index (χ3n) is 8.90. The number of hydrogen-bond donors (Lipinski definition) is 0. The molecule has 342 valence electrons. The molecule has 0 unspecified atom stereocenters. The van der Waals surface area contributed by atoms with Gasteiger partial charge in [0.2, 0.25) is 0 Å². The molecule has 0 radical (unpaired) electrons. The molecule has 2 aliphatic rings. The van der Waals surface area contributed by atoms with E-state index in [0.717, 1.165) is 67.0 Å². The fraction of sp³-hybridized carbons (Fsp3) is 0.457. The van der Waals surface area contributed by atoms with Gasteiger partial charge in [0, 0.05) is 60.9 Å². The minimum atomic E-state index is -3.77. The maximum atomic E-state index is 14.0. The molecule has 2 heterocycles. The van der Waals surface area contributed by atoms with Gasteiger partial charge in [-0.25, -0.2) is 17.6 Å². The normalized spacial score (nSPS) is 18.4. The zero-order valence-electron chi connectivity index (χ0n) is 33.9. The first-order valence-electron chi connectivity index (χ1n) is 19.1. The Morgan fingerprint density at radius 3 is 1.13 bits per heavy atom. The molecule has 0 aliphatic carbocycles. The Morgan fingerprint density at radius 1 is 0.548 bits per heavy atom. The van der Waals surface area contributed by atoms with Crippen molar-refractivity contribution >= 4 is 47.8 Å². The molecule has 0 saturated carbocycles. The van der Waals surface area contributed by atoms with Gasteiger partial charge in [-0.2, -0.15) is 24.0 Å². The van der Waals surface area contributed by atoms with Crippen molar-refractivity contribution in [2.45, 2.75) is 95.3 Å². The topological polar surface area (TPSA) is 36.9 Å². The van der Waals surface area contributed by atoms with E-state index in [1.165, 1.54) is 18.6 Å². The molecule has 0 spiro atoms. The van der Waals surface area contributed by atoms with Crippen LogP contribution in [0.3, 0.4) is 0 Å². The monoisotopic (exact) mass is 1070 g/mol. The van der Waals surface area contributed by atoms with Gasteiger partial charge < -0.3 is 25.9 Å². The van der Waals surface area contributed by atoms with Crippen LogP contribution in [0.2, 0.25) is 0 Å². The van der Waals surface area contributed by atoms with E-state index in [0.29, 0.717) is 49.4 Å². The second kappa shape index (κ2) is 29.7. The van der Waals surface area contributed by atoms with Crippen molar-refractivity contribution < 1.29 is 72.9 Å². The first-order valence-corrected chi connectivity index (χ1v) is 21.5. The summed E-state index contributed by atoms with van der Waals surface area (Å²) < 4.78 is 123. The van der Waals surface area contributed by atoms with Crippen molar-refractivity contribution in [3.63, 3.8) is 0 Å². The van der Waals surface area contributed by atoms with Gasteiger partial charge in [0.1, 0.15) is 28.8 Å². The van der Waals surface area contributed by atoms with E-state index in [-0.39, 0.29) is 45.6 Å². The predicted molar refractivity (Wildman–Crippen MR) is 239 cm³/mol. The molecule has 0 bridgehead atoms. The van der Waals surface area contributed by atoms with E-state index in [4.69, 9.17) is 18.9 Å². The van der Waals surface area contributed by atoms with E-state index in [9.17, 15) is 35.1 Å². The van der Waals surface area contributed by atoms with Crippen LogP contribution in [-0.4, -0.2) is 30.2 Å². The van der Waals surface area contributed by atoms with Crippen molar-refractivity contribution in [3.8, 4) is 22.3 Å². The maximum absolute atomic E-state index is 14.0. The standard InChI is InChI=1S/C20H19BrF4O2.C19H20F2O2.C4H9.CBr2F2.2CH4.Li/c1-2-3-12-10-26-19(27-11-12)14-6-4-13(5-7-14)15-8-16(22)18(17(23)9-15)20(21,24)25;1-2-3-13-11-22-19(23-12-13)15-6-4-14(5-7-15)16-8-17(20)10-18(21)9-16;1-3-4-2;2-1(3,4)5;;;/h4-9,12,19H,2-3,10-11H2,1H3;4-10,13,19H,2-3,11-12H2,1H3;1,3-4H2,2H3;;2*1H4;/q;;-1;;;;+1. The summed E-state index contributed by atoms with van der Waals surface area (Å²) in [5, 5.41) is 0. The van der Waals surface area contributed by atoms with Crippen LogP contribution in [0.25, 0.3) is 22.3 Å². The average Bonchev–Trinajstić information content (AvgIpc) is 3.17. The van der Waals surface area contributed by atoms with Gasteiger partial charge in [-0.15, -0.1) is 0 Å². The minimum Gasteiger partial charge on any atom is -0.348 e. The van der Waals surface area contributed by atoms with Gasteiger partial charge in [-0.05, 0) is 75.3 Å². The van der Waals surface area contributed by atoms with Crippen LogP contribution in [0.4, 0.5) is 35.1 Å². The van der Waals surface area contributed by atoms with E-state index in [2.05, 4.69) is 27.7 Å². The number of halogens is 11. The van der Waals surface area contributed by atoms with E-state index in [1.807, 2.05) is 72.1 Å². The van der Waals surface area contributed by atoms with Gasteiger partial charge in [0.05, 0.1) is 26.4 Å². The molecule has 16 heteroatoms. The van der Waals surface area contributed by atoms with Crippen LogP contribution in [0.15, 0.2) is 78.9 Å². The number of hydrogen-bond acceptors (Lipinski definition) is 4. The number of ether oxygens (including phenoxy) is 4. The Hall–Kier alpha value is -1.80. The van der Waals surface area contributed by atoms with Crippen molar-refractivity contribution in [1.29, 1.82) is 0 Å². The van der Waals surface area contributed by atoms with E-state index < -0.39 is 43.7 Å². The average molecular weight is 1070 g/mol. The molecule has 4 aromatic rings. The molecular weight excluding hydrogens is 1020 g/mol. The zero-order chi connectivity index (χ0) is 43.8. The molecular formula is C46H56Br3F8LiO4. The molecule has 0 N–H and O–H groups in total. The maximum Gasteiger partial charge on any atom is 1.00 e. The summed E-state index contributed by atoms with van der Waals surface area (Å²) in [7, 11) is 0. The van der Waals surface area contributed by atoms with E-state index >= 15 is 0 Å². The fourth-order valence-corrected chi connectivity index (χ4v) is 6.40. The van der Waals surface area contributed by atoms with Gasteiger partial charge in [0.15, 0.2) is 12.6 Å². The zero-order valence-corrected chi connectivity index (χ0v) is 38.6. The Morgan fingerprint density at radius 2 is 0.855 bits per heavy atom. The first kappa shape index (κ1) is 60.2. The number of alkyl halides is 7. The summed E-state index contributed by atoms with van der Waals surface area (Å²) in [4.78, 5) is -3.77. The second-order valence-electron chi connectivity index (χ2n) is 13.8. The van der Waals surface area contributed by atoms with Crippen molar-refractivity contribution in [1.82, 2.24) is 0 Å². The molecule has 62 heavy (non-hydrogen) atoms. The molecule has 2 fully saturated rings. The first-order chi connectivity index (χ1) is 27.9. The van der Waals surface area contributed by atoms with Crippen molar-refractivity contribution in [3.05, 3.63) is 126 Å². The molecule has 4 nitrogen and oxygen atoms in total. The quantitative estimate of drug-likeness (QED) is 0.0686. The molecule has 2 saturated heterocycles. The summed E-state index contributed by atoms with van der Waals surface area (Å²) in [5.41, 5.74) is 2.35. The molecule has 0 amide bonds. The summed E-state index contributed by atoms with van der Waals surface area (Å²) in [6.45, 7) is 12.6. The van der Waals surface area contributed by atoms with Gasteiger partial charge in [0.25, 0.3) is 0 Å². The summed E-state index contributed by atoms with van der Waals surface area (Å²) in [6, 6.07) is 19.5. The van der Waals surface area contributed by atoms with Gasteiger partial charge in [-0.1, -0.05) is 103 Å². The third-order valence-corrected chi connectivity index (χ3v) is 9.30. The number of rotatable bonds is 10.